The highest BCUT2D eigenvalue weighted by molar-refractivity contribution is 7.99. The molecule has 0 aliphatic carbocycles. The number of carbonyl (C=O) groups is 2. The second-order valence-electron chi connectivity index (χ2n) is 6.08. The van der Waals surface area contributed by atoms with Gasteiger partial charge in [-0.3, -0.25) is 9.59 Å². The number of rotatable bonds is 9. The van der Waals surface area contributed by atoms with Gasteiger partial charge in [0.1, 0.15) is 10.8 Å². The Morgan fingerprint density at radius 3 is 2.67 bits per heavy atom. The van der Waals surface area contributed by atoms with Crippen molar-refractivity contribution in [3.05, 3.63) is 69.9 Å². The molecule has 0 fully saturated rings. The first-order chi connectivity index (χ1) is 14.5. The smallest absolute Gasteiger partial charge is 0.286 e. The summed E-state index contributed by atoms with van der Waals surface area (Å²) in [5, 5.41) is 14.2. The molecule has 10 heteroatoms. The third kappa shape index (κ3) is 6.82. The van der Waals surface area contributed by atoms with E-state index in [-0.39, 0.29) is 16.7 Å². The van der Waals surface area contributed by atoms with Gasteiger partial charge in [-0.15, -0.1) is 33.7 Å². The minimum atomic E-state index is -0.445. The molecule has 3 aromatic rings. The van der Waals surface area contributed by atoms with Crippen molar-refractivity contribution in [2.24, 2.45) is 0 Å². The number of anilines is 1. The number of carbonyl (C=O) groups excluding carboxylic acids is 2. The summed E-state index contributed by atoms with van der Waals surface area (Å²) in [6.45, 7) is 0.483. The molecule has 1 aromatic heterocycles. The van der Waals surface area contributed by atoms with Gasteiger partial charge in [-0.1, -0.05) is 29.5 Å². The molecule has 0 bridgehead atoms. The second-order valence-corrected chi connectivity index (χ2v) is 9.01. The molecule has 0 aliphatic heterocycles. The van der Waals surface area contributed by atoms with Crippen molar-refractivity contribution in [3.63, 3.8) is 0 Å². The Morgan fingerprint density at radius 1 is 1.13 bits per heavy atom. The van der Waals surface area contributed by atoms with Crippen molar-refractivity contribution in [2.75, 3.05) is 17.3 Å². The van der Waals surface area contributed by atoms with Gasteiger partial charge >= 0.3 is 0 Å². The van der Waals surface area contributed by atoms with E-state index in [1.54, 1.807) is 17.8 Å². The first kappa shape index (κ1) is 22.3. The maximum absolute atomic E-state index is 13.2. The van der Waals surface area contributed by atoms with Crippen molar-refractivity contribution in [1.29, 1.82) is 0 Å². The molecule has 3 rings (SSSR count). The van der Waals surface area contributed by atoms with Crippen molar-refractivity contribution in [3.8, 4) is 0 Å². The molecule has 0 unspecified atom stereocenters. The number of nitrogens with zero attached hydrogens (tertiary/aromatic N) is 2. The minimum Gasteiger partial charge on any atom is -0.351 e. The first-order valence-corrected chi connectivity index (χ1v) is 12.1. The van der Waals surface area contributed by atoms with E-state index in [2.05, 4.69) is 20.8 Å². The summed E-state index contributed by atoms with van der Waals surface area (Å²) in [6.07, 6.45) is 2.02. The normalized spacial score (nSPS) is 10.6. The Balaban J connectivity index is 1.40. The van der Waals surface area contributed by atoms with Crippen LogP contribution in [0.5, 0.6) is 0 Å². The fourth-order valence-corrected chi connectivity index (χ4v) is 4.43. The fourth-order valence-electron chi connectivity index (χ4n) is 2.38. The number of amides is 2. The second kappa shape index (κ2) is 11.1. The molecule has 6 nitrogen and oxygen atoms in total. The summed E-state index contributed by atoms with van der Waals surface area (Å²) in [5.41, 5.74) is 1.40. The summed E-state index contributed by atoms with van der Waals surface area (Å²) < 4.78 is 13.2. The van der Waals surface area contributed by atoms with Crippen LogP contribution in [0.25, 0.3) is 0 Å². The highest BCUT2D eigenvalue weighted by Crippen LogP contribution is 2.19. The van der Waals surface area contributed by atoms with Gasteiger partial charge < -0.3 is 10.6 Å². The number of thioether (sulfide) groups is 2. The van der Waals surface area contributed by atoms with Crippen molar-refractivity contribution in [2.45, 2.75) is 17.2 Å². The molecular formula is C20H19FN4O2S3. The quantitative estimate of drug-likeness (QED) is 0.464. The van der Waals surface area contributed by atoms with Crippen molar-refractivity contribution >= 4 is 52.4 Å². The van der Waals surface area contributed by atoms with Crippen molar-refractivity contribution < 1.29 is 14.0 Å². The monoisotopic (exact) mass is 462 g/mol. The summed E-state index contributed by atoms with van der Waals surface area (Å²) in [6, 6.07) is 13.7. The molecule has 0 radical (unpaired) electrons. The van der Waals surface area contributed by atoms with E-state index in [0.29, 0.717) is 23.0 Å². The molecule has 2 aromatic carbocycles. The zero-order chi connectivity index (χ0) is 21.3. The van der Waals surface area contributed by atoms with Gasteiger partial charge in [0.2, 0.25) is 10.9 Å². The van der Waals surface area contributed by atoms with E-state index in [9.17, 15) is 14.0 Å². The van der Waals surface area contributed by atoms with Gasteiger partial charge in [-0.05, 0) is 42.2 Å². The Kier molecular flexibility index (Phi) is 8.23. The van der Waals surface area contributed by atoms with Crippen LogP contribution >= 0.6 is 34.9 Å². The van der Waals surface area contributed by atoms with Crippen molar-refractivity contribution in [1.82, 2.24) is 15.5 Å². The predicted molar refractivity (Wildman–Crippen MR) is 120 cm³/mol. The van der Waals surface area contributed by atoms with E-state index >= 15 is 0 Å². The fraction of sp³-hybridized carbons (Fsp3) is 0.200. The van der Waals surface area contributed by atoms with Gasteiger partial charge in [0.05, 0.1) is 5.75 Å². The molecule has 30 heavy (non-hydrogen) atoms. The van der Waals surface area contributed by atoms with Gasteiger partial charge in [0, 0.05) is 22.9 Å². The number of nitrogens with one attached hydrogen (secondary N) is 2. The summed E-state index contributed by atoms with van der Waals surface area (Å²) in [7, 11) is 0. The van der Waals surface area contributed by atoms with Crippen LogP contribution in [0, 0.1) is 5.82 Å². The Morgan fingerprint density at radius 2 is 1.93 bits per heavy atom. The summed E-state index contributed by atoms with van der Waals surface area (Å²) in [5.74, 6) is -0.187. The van der Waals surface area contributed by atoms with E-state index in [1.807, 2.05) is 30.5 Å². The van der Waals surface area contributed by atoms with Gasteiger partial charge in [0.15, 0.2) is 0 Å². The Hall–Kier alpha value is -2.43. The molecular weight excluding hydrogens is 443 g/mol. The number of hydrogen-bond donors (Lipinski definition) is 2. The summed E-state index contributed by atoms with van der Waals surface area (Å²) in [4.78, 5) is 25.4. The maximum atomic E-state index is 13.2. The lowest BCUT2D eigenvalue weighted by molar-refractivity contribution is -0.118. The van der Waals surface area contributed by atoms with Crippen LogP contribution < -0.4 is 10.6 Å². The molecule has 0 saturated heterocycles. The molecule has 2 amide bonds. The molecule has 1 heterocycles. The van der Waals surface area contributed by atoms with E-state index < -0.39 is 11.7 Å². The van der Waals surface area contributed by atoms with Gasteiger partial charge in [-0.2, -0.15) is 0 Å². The lowest BCUT2D eigenvalue weighted by Gasteiger charge is -2.05. The predicted octanol–water partition coefficient (Wildman–Crippen LogP) is 4.20. The largest absolute Gasteiger partial charge is 0.351 e. The zero-order valence-corrected chi connectivity index (χ0v) is 18.5. The van der Waals surface area contributed by atoms with E-state index in [0.717, 1.165) is 16.9 Å². The van der Waals surface area contributed by atoms with Gasteiger partial charge in [-0.25, -0.2) is 4.39 Å². The molecule has 2 N–H and O–H groups in total. The minimum absolute atomic E-state index is 0.0671. The van der Waals surface area contributed by atoms with Crippen LogP contribution in [0.1, 0.15) is 20.4 Å². The van der Waals surface area contributed by atoms with Crippen LogP contribution in [-0.2, 0) is 17.1 Å². The Labute approximate surface area is 186 Å². The number of hydrogen-bond acceptors (Lipinski definition) is 7. The standard InChI is InChI=1S/C20H19FN4O2S3/c1-28-16-7-5-13(6-8-16)10-22-17(26)11-29-12-18-24-25-20(30-18)19(27)23-15-4-2-3-14(21)9-15/h2-9H,10-12H2,1H3,(H,22,26)(H,23,27). The topological polar surface area (TPSA) is 84.0 Å². The van der Waals surface area contributed by atoms with Crippen LogP contribution in [-0.4, -0.2) is 34.0 Å². The first-order valence-electron chi connectivity index (χ1n) is 8.90. The van der Waals surface area contributed by atoms with Crippen LogP contribution in [0.4, 0.5) is 10.1 Å². The number of benzene rings is 2. The average Bonchev–Trinajstić information content (AvgIpc) is 3.22. The third-order valence-corrected chi connectivity index (χ3v) is 6.64. The highest BCUT2D eigenvalue weighted by Gasteiger charge is 2.14. The van der Waals surface area contributed by atoms with E-state index in [4.69, 9.17) is 0 Å². The number of aromatic nitrogens is 2. The SMILES string of the molecule is CSc1ccc(CNC(=O)CSCc2nnc(C(=O)Nc3cccc(F)c3)s2)cc1. The van der Waals surface area contributed by atoms with Crippen LogP contribution in [0.2, 0.25) is 0 Å². The van der Waals surface area contributed by atoms with Gasteiger partial charge in [0.25, 0.3) is 5.91 Å². The highest BCUT2D eigenvalue weighted by atomic mass is 32.2. The molecule has 0 aliphatic rings. The zero-order valence-electron chi connectivity index (χ0n) is 16.1. The molecule has 156 valence electrons. The lowest BCUT2D eigenvalue weighted by atomic mass is 10.2. The molecule has 0 saturated carbocycles. The number of halogens is 1. The molecule has 0 atom stereocenters. The molecule has 0 spiro atoms. The lowest BCUT2D eigenvalue weighted by Crippen LogP contribution is -2.24. The maximum Gasteiger partial charge on any atom is 0.286 e. The average molecular weight is 463 g/mol. The van der Waals surface area contributed by atoms with Crippen LogP contribution in [0.15, 0.2) is 53.4 Å². The third-order valence-electron chi connectivity index (χ3n) is 3.85. The Bertz CT molecular complexity index is 1010. The summed E-state index contributed by atoms with van der Waals surface area (Å²) >= 11 is 4.22. The van der Waals surface area contributed by atoms with Crippen LogP contribution in [0.3, 0.4) is 0 Å². The van der Waals surface area contributed by atoms with E-state index in [1.165, 1.54) is 34.9 Å².